The minimum Gasteiger partial charge on any atom is -0.497 e. The molecule has 0 atom stereocenters. The molecule has 0 unspecified atom stereocenters. The van der Waals surface area contributed by atoms with Gasteiger partial charge in [-0.05, 0) is 79.9 Å². The van der Waals surface area contributed by atoms with E-state index < -0.39 is 17.5 Å². The van der Waals surface area contributed by atoms with Gasteiger partial charge in [-0.3, -0.25) is 9.88 Å². The van der Waals surface area contributed by atoms with Crippen LogP contribution in [0.2, 0.25) is 0 Å². The largest absolute Gasteiger partial charge is 0.497 e. The number of aliphatic hydroxyl groups is 1. The van der Waals surface area contributed by atoms with Gasteiger partial charge in [0.1, 0.15) is 17.3 Å². The minimum atomic E-state index is -0.933. The molecule has 2 fully saturated rings. The fourth-order valence-corrected chi connectivity index (χ4v) is 6.25. The second-order valence-corrected chi connectivity index (χ2v) is 11.6. The van der Waals surface area contributed by atoms with Crippen LogP contribution in [0.1, 0.15) is 36.8 Å². The van der Waals surface area contributed by atoms with Crippen LogP contribution in [-0.2, 0) is 17.7 Å². The topological polar surface area (TPSA) is 70.1 Å². The quantitative estimate of drug-likeness (QED) is 0.310. The van der Waals surface area contributed by atoms with Crippen molar-refractivity contribution in [1.82, 2.24) is 14.8 Å². The number of ether oxygens (including phenoxy) is 2. The molecule has 2 N–H and O–H groups in total. The number of fused-ring (bicyclic) bond motifs is 1. The van der Waals surface area contributed by atoms with Crippen molar-refractivity contribution in [3.05, 3.63) is 65.1 Å². The Morgan fingerprint density at radius 3 is 2.45 bits per heavy atom. The molecule has 3 aromatic rings. The van der Waals surface area contributed by atoms with Crippen LogP contribution in [0.5, 0.6) is 5.75 Å². The average Bonchev–Trinajstić information content (AvgIpc) is 3.00. The molecule has 2 saturated heterocycles. The number of piperidine rings is 1. The van der Waals surface area contributed by atoms with Gasteiger partial charge in [0.15, 0.2) is 11.6 Å². The highest BCUT2D eigenvalue weighted by molar-refractivity contribution is 5.84. The van der Waals surface area contributed by atoms with Crippen molar-refractivity contribution in [3.8, 4) is 5.75 Å². The minimum absolute atomic E-state index is 0.136. The Hall–Kier alpha value is -2.92. The average molecular weight is 587 g/mol. The van der Waals surface area contributed by atoms with Gasteiger partial charge in [0.05, 0.1) is 25.8 Å². The fraction of sp³-hybridized carbons (Fsp3) is 0.531. The summed E-state index contributed by atoms with van der Waals surface area (Å²) in [5, 5.41) is 14.3. The summed E-state index contributed by atoms with van der Waals surface area (Å²) in [5.41, 5.74) is 3.03. The maximum Gasteiger partial charge on any atom is 0.152 e. The molecule has 0 radical (unpaired) electrons. The predicted molar refractivity (Wildman–Crippen MR) is 157 cm³/mol. The van der Waals surface area contributed by atoms with Gasteiger partial charge in [0.2, 0.25) is 0 Å². The van der Waals surface area contributed by atoms with Crippen molar-refractivity contribution in [3.63, 3.8) is 0 Å². The molecule has 2 aliphatic heterocycles. The van der Waals surface area contributed by atoms with Gasteiger partial charge in [-0.25, -0.2) is 13.2 Å². The summed E-state index contributed by atoms with van der Waals surface area (Å²) < 4.78 is 52.1. The lowest BCUT2D eigenvalue weighted by atomic mass is 9.75. The highest BCUT2D eigenvalue weighted by Crippen LogP contribution is 2.37. The molecule has 0 saturated carbocycles. The lowest BCUT2D eigenvalue weighted by molar-refractivity contribution is 0.0338. The molecule has 2 aliphatic rings. The Labute approximate surface area is 245 Å². The fourth-order valence-electron chi connectivity index (χ4n) is 6.25. The molecule has 3 heterocycles. The second kappa shape index (κ2) is 14.0. The summed E-state index contributed by atoms with van der Waals surface area (Å²) in [6.45, 7) is 6.82. The summed E-state index contributed by atoms with van der Waals surface area (Å²) in [6.07, 6.45) is 6.46. The van der Waals surface area contributed by atoms with Crippen molar-refractivity contribution in [2.24, 2.45) is 5.41 Å². The maximum atomic E-state index is 13.9. The number of nitrogens with zero attached hydrogens (tertiary/aromatic N) is 3. The van der Waals surface area contributed by atoms with Crippen molar-refractivity contribution >= 4 is 16.6 Å². The number of benzene rings is 2. The number of hydrogen-bond acceptors (Lipinski definition) is 7. The number of methoxy groups -OCH3 is 1. The highest BCUT2D eigenvalue weighted by Gasteiger charge is 2.33. The lowest BCUT2D eigenvalue weighted by Crippen LogP contribution is -2.43. The van der Waals surface area contributed by atoms with Gasteiger partial charge in [-0.1, -0.05) is 0 Å². The maximum absolute atomic E-state index is 13.9. The van der Waals surface area contributed by atoms with E-state index in [2.05, 4.69) is 21.2 Å². The predicted octanol–water partition coefficient (Wildman–Crippen LogP) is 5.00. The van der Waals surface area contributed by atoms with E-state index >= 15 is 0 Å². The molecule has 1 aromatic heterocycles. The smallest absolute Gasteiger partial charge is 0.152 e. The Morgan fingerprint density at radius 1 is 1.02 bits per heavy atom. The van der Waals surface area contributed by atoms with Gasteiger partial charge in [0, 0.05) is 63.0 Å². The molecule has 0 amide bonds. The van der Waals surface area contributed by atoms with E-state index in [9.17, 15) is 18.3 Å². The van der Waals surface area contributed by atoms with Crippen molar-refractivity contribution in [1.29, 1.82) is 0 Å². The van der Waals surface area contributed by atoms with Crippen LogP contribution in [0, 0.1) is 22.9 Å². The van der Waals surface area contributed by atoms with E-state index in [1.165, 1.54) is 11.1 Å². The zero-order valence-corrected chi connectivity index (χ0v) is 24.3. The first-order valence-corrected chi connectivity index (χ1v) is 14.9. The van der Waals surface area contributed by atoms with Crippen LogP contribution < -0.4 is 10.1 Å². The Kier molecular flexibility index (Phi) is 10.2. The van der Waals surface area contributed by atoms with Crippen LogP contribution in [-0.4, -0.2) is 86.1 Å². The zero-order valence-electron chi connectivity index (χ0n) is 24.3. The number of aliphatic hydroxyl groups excluding tert-OH is 1. The van der Waals surface area contributed by atoms with E-state index in [4.69, 9.17) is 14.5 Å². The number of aryl methyl sites for hydroxylation is 1. The number of halogens is 3. The first-order valence-electron chi connectivity index (χ1n) is 14.9. The van der Waals surface area contributed by atoms with Crippen LogP contribution in [0.4, 0.5) is 18.9 Å². The van der Waals surface area contributed by atoms with E-state index in [0.29, 0.717) is 25.2 Å². The monoisotopic (exact) mass is 586 g/mol. The van der Waals surface area contributed by atoms with E-state index in [1.807, 2.05) is 18.3 Å². The Bertz CT molecular complexity index is 1320. The second-order valence-electron chi connectivity index (χ2n) is 11.6. The van der Waals surface area contributed by atoms with Crippen LogP contribution in [0.15, 0.2) is 36.5 Å². The number of anilines is 1. The standard InChI is InChI=1S/C32H41F3N4O3/c1-41-25-4-5-30-27(19-25)26(23(20-37-30)21-39-13-15-42-16-14-39)3-2-6-32(22-40)7-10-38(11-8-32)12-9-36-31-28(34)17-24(33)18-29(31)35/h4-5,17-20,36,40H,2-3,6-16,21-22H2,1H3. The van der Waals surface area contributed by atoms with Gasteiger partial charge in [-0.2, -0.15) is 0 Å². The van der Waals surface area contributed by atoms with Gasteiger partial charge >= 0.3 is 0 Å². The zero-order chi connectivity index (χ0) is 29.5. The van der Waals surface area contributed by atoms with Crippen LogP contribution >= 0.6 is 0 Å². The summed E-state index contributed by atoms with van der Waals surface area (Å²) in [5.74, 6) is -1.98. The first-order chi connectivity index (χ1) is 20.4. The number of hydrogen-bond donors (Lipinski definition) is 2. The third-order valence-electron chi connectivity index (χ3n) is 8.90. The highest BCUT2D eigenvalue weighted by atomic mass is 19.1. The third-order valence-corrected chi connectivity index (χ3v) is 8.90. The van der Waals surface area contributed by atoms with Gasteiger partial charge < -0.3 is 24.8 Å². The van der Waals surface area contributed by atoms with E-state index in [1.54, 1.807) is 7.11 Å². The van der Waals surface area contributed by atoms with Crippen molar-refractivity contribution in [2.75, 3.05) is 71.5 Å². The molecule has 0 aliphatic carbocycles. The molecule has 5 rings (SSSR count). The van der Waals surface area contributed by atoms with Gasteiger partial charge in [0.25, 0.3) is 0 Å². The molecule has 42 heavy (non-hydrogen) atoms. The van der Waals surface area contributed by atoms with Crippen molar-refractivity contribution < 1.29 is 27.8 Å². The number of pyridine rings is 1. The molecule has 0 spiro atoms. The lowest BCUT2D eigenvalue weighted by Gasteiger charge is -2.41. The summed E-state index contributed by atoms with van der Waals surface area (Å²) in [7, 11) is 1.68. The Balaban J connectivity index is 1.19. The third kappa shape index (κ3) is 7.34. The number of likely N-dealkylation sites (tertiary alicyclic amines) is 1. The normalized spacial score (nSPS) is 17.9. The molecular formula is C32H41F3N4O3. The Morgan fingerprint density at radius 2 is 1.76 bits per heavy atom. The molecule has 2 aromatic carbocycles. The van der Waals surface area contributed by atoms with Crippen LogP contribution in [0.3, 0.4) is 0 Å². The number of rotatable bonds is 12. The molecular weight excluding hydrogens is 545 g/mol. The SMILES string of the molecule is COc1ccc2ncc(CN3CCOCC3)c(CCCC3(CO)CCN(CCNc4c(F)cc(F)cc4F)CC3)c2c1. The number of nitrogens with one attached hydrogen (secondary N) is 1. The van der Waals surface area contributed by atoms with E-state index in [0.717, 1.165) is 94.7 Å². The number of aromatic nitrogens is 1. The van der Waals surface area contributed by atoms with Crippen molar-refractivity contribution in [2.45, 2.75) is 38.6 Å². The number of morpholine rings is 1. The molecule has 10 heteroatoms. The summed E-state index contributed by atoms with van der Waals surface area (Å²) in [6, 6.07) is 7.39. The first kappa shape index (κ1) is 30.5. The molecule has 7 nitrogen and oxygen atoms in total. The molecule has 0 bridgehead atoms. The van der Waals surface area contributed by atoms with Crippen LogP contribution in [0.25, 0.3) is 10.9 Å². The summed E-state index contributed by atoms with van der Waals surface area (Å²) in [4.78, 5) is 9.40. The van der Waals surface area contributed by atoms with Gasteiger partial charge in [-0.15, -0.1) is 0 Å². The molecule has 228 valence electrons. The summed E-state index contributed by atoms with van der Waals surface area (Å²) >= 11 is 0. The van der Waals surface area contributed by atoms with E-state index in [-0.39, 0.29) is 17.7 Å².